The van der Waals surface area contributed by atoms with Gasteiger partial charge in [-0.05, 0) is 27.2 Å². The fourth-order valence-electron chi connectivity index (χ4n) is 1.36. The van der Waals surface area contributed by atoms with Gasteiger partial charge in [-0.2, -0.15) is 0 Å². The topological polar surface area (TPSA) is 38.9 Å². The second-order valence-electron chi connectivity index (χ2n) is 3.45. The van der Waals surface area contributed by atoms with Crippen LogP contribution in [0, 0.1) is 13.8 Å². The molecule has 1 atom stereocenters. The number of nitrogens with two attached hydrogens (primary N) is 1. The smallest absolute Gasteiger partial charge is 0.0900 e. The van der Waals surface area contributed by atoms with Gasteiger partial charge in [0.2, 0.25) is 0 Å². The van der Waals surface area contributed by atoms with Crippen molar-refractivity contribution in [2.75, 3.05) is 0 Å². The van der Waals surface area contributed by atoms with Gasteiger partial charge in [-0.25, -0.2) is 4.98 Å². The summed E-state index contributed by atoms with van der Waals surface area (Å²) < 4.78 is 0. The van der Waals surface area contributed by atoms with Crippen LogP contribution in [0.3, 0.4) is 0 Å². The Hall–Kier alpha value is -0.670. The minimum atomic E-state index is 0.0729. The van der Waals surface area contributed by atoms with Crippen molar-refractivity contribution in [2.45, 2.75) is 33.2 Å². The van der Waals surface area contributed by atoms with Gasteiger partial charge in [0.15, 0.2) is 0 Å². The molecule has 3 heteroatoms. The molecule has 0 radical (unpaired) electrons. The highest BCUT2D eigenvalue weighted by molar-refractivity contribution is 7.11. The molecule has 0 saturated heterocycles. The predicted molar refractivity (Wildman–Crippen MR) is 57.9 cm³/mol. The van der Waals surface area contributed by atoms with E-state index in [0.29, 0.717) is 0 Å². The molecule has 0 saturated carbocycles. The molecule has 0 amide bonds. The summed E-state index contributed by atoms with van der Waals surface area (Å²) in [6, 6.07) is 0.0729. The Labute approximate surface area is 83.5 Å². The molecular weight excluding hydrogens is 180 g/mol. The quantitative estimate of drug-likeness (QED) is 0.755. The van der Waals surface area contributed by atoms with E-state index in [1.807, 2.05) is 20.8 Å². The lowest BCUT2D eigenvalue weighted by molar-refractivity contribution is 0.724. The first-order chi connectivity index (χ1) is 6.00. The number of nitrogens with zero attached hydrogens (tertiary/aromatic N) is 1. The summed E-state index contributed by atoms with van der Waals surface area (Å²) >= 11 is 1.69. The van der Waals surface area contributed by atoms with Crippen LogP contribution in [0.5, 0.6) is 0 Å². The average Bonchev–Trinajstić information content (AvgIpc) is 2.28. The van der Waals surface area contributed by atoms with Gasteiger partial charge in [-0.3, -0.25) is 0 Å². The van der Waals surface area contributed by atoms with Crippen LogP contribution in [0.1, 0.15) is 35.0 Å². The maximum Gasteiger partial charge on any atom is 0.0900 e. The van der Waals surface area contributed by atoms with Gasteiger partial charge in [-0.15, -0.1) is 17.9 Å². The van der Waals surface area contributed by atoms with E-state index < -0.39 is 0 Å². The van der Waals surface area contributed by atoms with Crippen molar-refractivity contribution in [3.63, 3.8) is 0 Å². The van der Waals surface area contributed by atoms with Gasteiger partial charge < -0.3 is 5.73 Å². The summed E-state index contributed by atoms with van der Waals surface area (Å²) in [6.45, 7) is 9.88. The van der Waals surface area contributed by atoms with E-state index in [9.17, 15) is 0 Å². The average molecular weight is 196 g/mol. The molecular formula is C10H16N2S. The van der Waals surface area contributed by atoms with E-state index in [2.05, 4.69) is 11.6 Å². The van der Waals surface area contributed by atoms with Crippen LogP contribution in [0.15, 0.2) is 12.2 Å². The molecule has 1 aromatic heterocycles. The van der Waals surface area contributed by atoms with Gasteiger partial charge in [0.25, 0.3) is 0 Å². The van der Waals surface area contributed by atoms with Crippen molar-refractivity contribution in [3.05, 3.63) is 27.7 Å². The third-order valence-corrected chi connectivity index (χ3v) is 3.05. The summed E-state index contributed by atoms with van der Waals surface area (Å²) in [5.41, 5.74) is 8.21. The van der Waals surface area contributed by atoms with Crippen LogP contribution < -0.4 is 5.73 Å². The summed E-state index contributed by atoms with van der Waals surface area (Å²) in [6.07, 6.45) is 0.850. The Morgan fingerprint density at radius 2 is 2.23 bits per heavy atom. The Balaban J connectivity index is 2.81. The molecule has 0 spiro atoms. The van der Waals surface area contributed by atoms with E-state index >= 15 is 0 Å². The number of hydrogen-bond acceptors (Lipinski definition) is 3. The normalized spacial score (nSPS) is 12.9. The van der Waals surface area contributed by atoms with Crippen molar-refractivity contribution in [2.24, 2.45) is 5.73 Å². The highest BCUT2D eigenvalue weighted by Crippen LogP contribution is 2.26. The van der Waals surface area contributed by atoms with Crippen LogP contribution in [-0.4, -0.2) is 4.98 Å². The van der Waals surface area contributed by atoms with E-state index in [0.717, 1.165) is 22.7 Å². The molecule has 0 fully saturated rings. The van der Waals surface area contributed by atoms with E-state index in [-0.39, 0.29) is 6.04 Å². The van der Waals surface area contributed by atoms with E-state index in [4.69, 9.17) is 5.73 Å². The van der Waals surface area contributed by atoms with Crippen molar-refractivity contribution in [1.82, 2.24) is 4.98 Å². The van der Waals surface area contributed by atoms with E-state index in [1.54, 1.807) is 11.3 Å². The Kier molecular flexibility index (Phi) is 3.22. The maximum absolute atomic E-state index is 6.02. The molecule has 2 N–H and O–H groups in total. The first-order valence-electron chi connectivity index (χ1n) is 4.34. The van der Waals surface area contributed by atoms with Crippen LogP contribution in [0.25, 0.3) is 0 Å². The third kappa shape index (κ3) is 2.64. The first kappa shape index (κ1) is 10.4. The maximum atomic E-state index is 6.02. The lowest BCUT2D eigenvalue weighted by Gasteiger charge is -2.09. The Bertz CT molecular complexity index is 315. The largest absolute Gasteiger partial charge is 0.323 e. The van der Waals surface area contributed by atoms with Gasteiger partial charge in [0, 0.05) is 10.9 Å². The fourth-order valence-corrected chi connectivity index (χ4v) is 2.29. The predicted octanol–water partition coefficient (Wildman–Crippen LogP) is 2.73. The van der Waals surface area contributed by atoms with Crippen LogP contribution in [0.2, 0.25) is 0 Å². The number of rotatable bonds is 3. The zero-order chi connectivity index (χ0) is 10.0. The SMILES string of the molecule is C=C(C)CC(N)c1sc(C)nc1C. The van der Waals surface area contributed by atoms with Gasteiger partial charge >= 0.3 is 0 Å². The van der Waals surface area contributed by atoms with Crippen molar-refractivity contribution in [1.29, 1.82) is 0 Å². The molecule has 1 aromatic rings. The van der Waals surface area contributed by atoms with Crippen molar-refractivity contribution < 1.29 is 0 Å². The molecule has 0 aliphatic heterocycles. The summed E-state index contributed by atoms with van der Waals surface area (Å²) in [5.74, 6) is 0. The van der Waals surface area contributed by atoms with Crippen molar-refractivity contribution in [3.8, 4) is 0 Å². The first-order valence-corrected chi connectivity index (χ1v) is 5.16. The van der Waals surface area contributed by atoms with Crippen molar-refractivity contribution >= 4 is 11.3 Å². The molecule has 0 aromatic carbocycles. The highest BCUT2D eigenvalue weighted by Gasteiger charge is 2.12. The molecule has 2 nitrogen and oxygen atoms in total. The fraction of sp³-hybridized carbons (Fsp3) is 0.500. The number of thiazole rings is 1. The molecule has 0 aliphatic carbocycles. The zero-order valence-electron chi connectivity index (χ0n) is 8.42. The molecule has 1 rings (SSSR count). The summed E-state index contributed by atoms with van der Waals surface area (Å²) in [5, 5.41) is 1.09. The molecule has 1 unspecified atom stereocenters. The summed E-state index contributed by atoms with van der Waals surface area (Å²) in [4.78, 5) is 5.54. The number of hydrogen-bond donors (Lipinski definition) is 1. The molecule has 72 valence electrons. The van der Waals surface area contributed by atoms with Gasteiger partial charge in [-0.1, -0.05) is 5.57 Å². The molecule has 13 heavy (non-hydrogen) atoms. The minimum absolute atomic E-state index is 0.0729. The van der Waals surface area contributed by atoms with Gasteiger partial charge in [0.1, 0.15) is 0 Å². The Morgan fingerprint density at radius 3 is 2.62 bits per heavy atom. The minimum Gasteiger partial charge on any atom is -0.323 e. The van der Waals surface area contributed by atoms with Crippen LogP contribution in [-0.2, 0) is 0 Å². The van der Waals surface area contributed by atoms with Crippen LogP contribution >= 0.6 is 11.3 Å². The highest BCUT2D eigenvalue weighted by atomic mass is 32.1. The second-order valence-corrected chi connectivity index (χ2v) is 4.69. The second kappa shape index (κ2) is 4.03. The lowest BCUT2D eigenvalue weighted by Crippen LogP contribution is -2.09. The van der Waals surface area contributed by atoms with Crippen LogP contribution in [0.4, 0.5) is 0 Å². The number of aryl methyl sites for hydroxylation is 2. The lowest BCUT2D eigenvalue weighted by atomic mass is 10.1. The van der Waals surface area contributed by atoms with Gasteiger partial charge in [0.05, 0.1) is 10.7 Å². The molecule has 1 heterocycles. The summed E-state index contributed by atoms with van der Waals surface area (Å²) in [7, 11) is 0. The molecule has 0 bridgehead atoms. The third-order valence-electron chi connectivity index (χ3n) is 1.84. The standard InChI is InChI=1S/C10H16N2S/c1-6(2)5-9(11)10-7(3)12-8(4)13-10/h9H,1,5,11H2,2-4H3. The Morgan fingerprint density at radius 1 is 1.62 bits per heavy atom. The van der Waals surface area contributed by atoms with E-state index in [1.165, 1.54) is 4.88 Å². The number of aromatic nitrogens is 1. The monoisotopic (exact) mass is 196 g/mol. The molecule has 0 aliphatic rings. The zero-order valence-corrected chi connectivity index (χ0v) is 9.24.